The molecule has 96 valence electrons. The maximum absolute atomic E-state index is 12.4. The van der Waals surface area contributed by atoms with Crippen LogP contribution in [0.2, 0.25) is 0 Å². The summed E-state index contributed by atoms with van der Waals surface area (Å²) in [6.45, 7) is 3.52. The number of nitrogens with two attached hydrogens (primary N) is 1. The fourth-order valence-corrected chi connectivity index (χ4v) is 2.65. The summed E-state index contributed by atoms with van der Waals surface area (Å²) < 4.78 is 0. The molecule has 0 spiro atoms. The van der Waals surface area contributed by atoms with Crippen LogP contribution in [0.3, 0.4) is 0 Å². The Bertz CT molecular complexity index is 339. The summed E-state index contributed by atoms with van der Waals surface area (Å²) in [6, 6.07) is -0.657. The molecule has 0 radical (unpaired) electrons. The standard InChI is InChI=1S/C11H19N3O3/c1-11(2-3-13-6-11)10(17)14-5-7(15)4-8(14)9(12)16/h7-8,13,15H,2-6H2,1H3,(H2,12,16). The molecule has 3 unspecified atom stereocenters. The van der Waals surface area contributed by atoms with Crippen molar-refractivity contribution in [2.24, 2.45) is 11.1 Å². The molecule has 0 aromatic rings. The highest BCUT2D eigenvalue weighted by Crippen LogP contribution is 2.31. The zero-order valence-electron chi connectivity index (χ0n) is 9.98. The molecule has 2 saturated heterocycles. The number of carbonyl (C=O) groups excluding carboxylic acids is 2. The second-order valence-corrected chi connectivity index (χ2v) is 5.25. The number of primary amides is 1. The lowest BCUT2D eigenvalue weighted by atomic mass is 9.88. The van der Waals surface area contributed by atoms with Crippen molar-refractivity contribution in [2.45, 2.75) is 31.9 Å². The number of rotatable bonds is 2. The van der Waals surface area contributed by atoms with Gasteiger partial charge in [-0.25, -0.2) is 0 Å². The first-order valence-electron chi connectivity index (χ1n) is 5.93. The van der Waals surface area contributed by atoms with Crippen molar-refractivity contribution in [3.05, 3.63) is 0 Å². The Morgan fingerprint density at radius 3 is 2.76 bits per heavy atom. The number of hydrogen-bond donors (Lipinski definition) is 3. The molecule has 0 aromatic carbocycles. The first-order valence-corrected chi connectivity index (χ1v) is 5.93. The lowest BCUT2D eigenvalue weighted by Gasteiger charge is -2.31. The van der Waals surface area contributed by atoms with E-state index in [1.165, 1.54) is 4.90 Å². The van der Waals surface area contributed by atoms with Crippen LogP contribution in [0.5, 0.6) is 0 Å². The zero-order valence-corrected chi connectivity index (χ0v) is 9.98. The molecular weight excluding hydrogens is 222 g/mol. The smallest absolute Gasteiger partial charge is 0.240 e. The van der Waals surface area contributed by atoms with Gasteiger partial charge in [-0.2, -0.15) is 0 Å². The van der Waals surface area contributed by atoms with Crippen LogP contribution in [0.1, 0.15) is 19.8 Å². The third-order valence-electron chi connectivity index (χ3n) is 3.75. The molecule has 2 heterocycles. The van der Waals surface area contributed by atoms with E-state index in [0.29, 0.717) is 6.54 Å². The zero-order chi connectivity index (χ0) is 12.6. The lowest BCUT2D eigenvalue weighted by molar-refractivity contribution is -0.144. The largest absolute Gasteiger partial charge is 0.391 e. The van der Waals surface area contributed by atoms with Crippen molar-refractivity contribution < 1.29 is 14.7 Å². The Morgan fingerprint density at radius 2 is 2.24 bits per heavy atom. The van der Waals surface area contributed by atoms with Crippen LogP contribution in [0.4, 0.5) is 0 Å². The molecule has 2 rings (SSSR count). The average Bonchev–Trinajstić information content (AvgIpc) is 2.84. The molecule has 3 atom stereocenters. The number of nitrogens with one attached hydrogen (secondary N) is 1. The van der Waals surface area contributed by atoms with Gasteiger partial charge in [-0.1, -0.05) is 0 Å². The van der Waals surface area contributed by atoms with Crippen LogP contribution >= 0.6 is 0 Å². The molecule has 2 amide bonds. The monoisotopic (exact) mass is 241 g/mol. The number of β-amino-alcohol motifs (C(OH)–C–C–N with tert-alkyl or cyclic N) is 1. The van der Waals surface area contributed by atoms with Crippen LogP contribution in [-0.2, 0) is 9.59 Å². The molecule has 6 heteroatoms. The molecule has 4 N–H and O–H groups in total. The summed E-state index contributed by atoms with van der Waals surface area (Å²) in [7, 11) is 0. The number of carbonyl (C=O) groups is 2. The van der Waals surface area contributed by atoms with Crippen LogP contribution < -0.4 is 11.1 Å². The highest BCUT2D eigenvalue weighted by molar-refractivity contribution is 5.90. The van der Waals surface area contributed by atoms with E-state index in [0.717, 1.165) is 13.0 Å². The van der Waals surface area contributed by atoms with Gasteiger partial charge in [-0.3, -0.25) is 9.59 Å². The van der Waals surface area contributed by atoms with Gasteiger partial charge in [-0.05, 0) is 19.9 Å². The second kappa shape index (κ2) is 4.27. The topological polar surface area (TPSA) is 95.7 Å². The van der Waals surface area contributed by atoms with E-state index in [9.17, 15) is 14.7 Å². The molecule has 2 fully saturated rings. The van der Waals surface area contributed by atoms with Crippen molar-refractivity contribution in [3.63, 3.8) is 0 Å². The van der Waals surface area contributed by atoms with Gasteiger partial charge in [0.05, 0.1) is 11.5 Å². The Balaban J connectivity index is 2.15. The van der Waals surface area contributed by atoms with E-state index < -0.39 is 23.5 Å². The van der Waals surface area contributed by atoms with Crippen LogP contribution in [-0.4, -0.2) is 53.6 Å². The van der Waals surface area contributed by atoms with Gasteiger partial charge in [0.15, 0.2) is 0 Å². The molecule has 0 saturated carbocycles. The van der Waals surface area contributed by atoms with Crippen molar-refractivity contribution in [1.29, 1.82) is 0 Å². The molecule has 0 bridgehead atoms. The second-order valence-electron chi connectivity index (χ2n) is 5.25. The summed E-state index contributed by atoms with van der Waals surface area (Å²) >= 11 is 0. The minimum atomic E-state index is -0.657. The Kier molecular flexibility index (Phi) is 3.09. The van der Waals surface area contributed by atoms with Gasteiger partial charge in [0, 0.05) is 19.5 Å². The van der Waals surface area contributed by atoms with Gasteiger partial charge >= 0.3 is 0 Å². The summed E-state index contributed by atoms with van der Waals surface area (Å²) in [5, 5.41) is 12.7. The van der Waals surface area contributed by atoms with Gasteiger partial charge in [-0.15, -0.1) is 0 Å². The van der Waals surface area contributed by atoms with Gasteiger partial charge < -0.3 is 21.1 Å². The molecule has 6 nitrogen and oxygen atoms in total. The predicted octanol–water partition coefficient (Wildman–Crippen LogP) is -1.57. The van der Waals surface area contributed by atoms with Crippen LogP contribution in [0, 0.1) is 5.41 Å². The van der Waals surface area contributed by atoms with Crippen molar-refractivity contribution in [1.82, 2.24) is 10.2 Å². The number of likely N-dealkylation sites (tertiary alicyclic amines) is 1. The molecule has 17 heavy (non-hydrogen) atoms. The maximum Gasteiger partial charge on any atom is 0.240 e. The molecule has 0 aromatic heterocycles. The lowest BCUT2D eigenvalue weighted by Crippen LogP contribution is -2.50. The summed E-state index contributed by atoms with van der Waals surface area (Å²) in [5.41, 5.74) is 4.80. The molecule has 0 aliphatic carbocycles. The molecular formula is C11H19N3O3. The van der Waals surface area contributed by atoms with Crippen molar-refractivity contribution in [3.8, 4) is 0 Å². The fourth-order valence-electron chi connectivity index (χ4n) is 2.65. The third kappa shape index (κ3) is 2.14. The maximum atomic E-state index is 12.4. The fraction of sp³-hybridized carbons (Fsp3) is 0.818. The van der Waals surface area contributed by atoms with Crippen LogP contribution in [0.25, 0.3) is 0 Å². The van der Waals surface area contributed by atoms with E-state index in [4.69, 9.17) is 5.73 Å². The normalized spacial score (nSPS) is 37.4. The highest BCUT2D eigenvalue weighted by atomic mass is 16.3. The number of nitrogens with zero attached hydrogens (tertiary/aromatic N) is 1. The molecule has 2 aliphatic heterocycles. The first kappa shape index (κ1) is 12.3. The Hall–Kier alpha value is -1.14. The highest BCUT2D eigenvalue weighted by Gasteiger charge is 2.46. The average molecular weight is 241 g/mol. The Morgan fingerprint density at radius 1 is 1.53 bits per heavy atom. The van der Waals surface area contributed by atoms with E-state index >= 15 is 0 Å². The van der Waals surface area contributed by atoms with Crippen molar-refractivity contribution in [2.75, 3.05) is 19.6 Å². The third-order valence-corrected chi connectivity index (χ3v) is 3.75. The van der Waals surface area contributed by atoms with Crippen molar-refractivity contribution >= 4 is 11.8 Å². The summed E-state index contributed by atoms with van der Waals surface area (Å²) in [6.07, 6.45) is 0.364. The predicted molar refractivity (Wildman–Crippen MR) is 60.9 cm³/mol. The van der Waals surface area contributed by atoms with Crippen LogP contribution in [0.15, 0.2) is 0 Å². The van der Waals surface area contributed by atoms with Gasteiger partial charge in [0.25, 0.3) is 0 Å². The number of aliphatic hydroxyl groups excluding tert-OH is 1. The minimum absolute atomic E-state index is 0.0807. The molecule has 2 aliphatic rings. The quantitative estimate of drug-likeness (QED) is 0.544. The minimum Gasteiger partial charge on any atom is -0.391 e. The van der Waals surface area contributed by atoms with E-state index in [2.05, 4.69) is 5.32 Å². The number of hydrogen-bond acceptors (Lipinski definition) is 4. The summed E-state index contributed by atoms with van der Waals surface area (Å²) in [4.78, 5) is 25.1. The number of aliphatic hydroxyl groups is 1. The summed E-state index contributed by atoms with van der Waals surface area (Å²) in [5.74, 6) is -0.618. The van der Waals surface area contributed by atoms with E-state index in [1.807, 2.05) is 6.92 Å². The van der Waals surface area contributed by atoms with Gasteiger partial charge in [0.1, 0.15) is 6.04 Å². The van der Waals surface area contributed by atoms with E-state index in [1.54, 1.807) is 0 Å². The van der Waals surface area contributed by atoms with Gasteiger partial charge in [0.2, 0.25) is 11.8 Å². The van der Waals surface area contributed by atoms with E-state index in [-0.39, 0.29) is 18.9 Å². The Labute approximate surface area is 100 Å². The SMILES string of the molecule is CC1(C(=O)N2CC(O)CC2C(N)=O)CCNC1. The number of amides is 2. The first-order chi connectivity index (χ1) is 7.94.